The van der Waals surface area contributed by atoms with Gasteiger partial charge in [-0.3, -0.25) is 0 Å². The summed E-state index contributed by atoms with van der Waals surface area (Å²) in [6.07, 6.45) is 0. The fraction of sp³-hybridized carbons (Fsp3) is 0.214. The van der Waals surface area contributed by atoms with E-state index in [9.17, 15) is 5.26 Å². The predicted molar refractivity (Wildman–Crippen MR) is 81.7 cm³/mol. The molecule has 0 bridgehead atoms. The molecule has 1 unspecified atom stereocenters. The average Bonchev–Trinajstić information content (AvgIpc) is 2.76. The van der Waals surface area contributed by atoms with Gasteiger partial charge in [0.25, 0.3) is 0 Å². The number of hydrogen-bond donors (Lipinski definition) is 1. The Bertz CT molecular complexity index is 599. The van der Waals surface area contributed by atoms with Gasteiger partial charge in [0, 0.05) is 26.0 Å². The largest absolute Gasteiger partial charge is 0.497 e. The van der Waals surface area contributed by atoms with E-state index in [4.69, 9.17) is 4.74 Å². The maximum absolute atomic E-state index is 9.32. The molecular weight excluding hydrogens is 324 g/mol. The van der Waals surface area contributed by atoms with E-state index in [-0.39, 0.29) is 6.04 Å². The summed E-state index contributed by atoms with van der Waals surface area (Å²) in [5.41, 5.74) is 0.869. The fourth-order valence-corrected chi connectivity index (χ4v) is 3.23. The van der Waals surface area contributed by atoms with E-state index in [0.29, 0.717) is 0 Å². The molecule has 0 amide bonds. The van der Waals surface area contributed by atoms with Gasteiger partial charge in [0.05, 0.1) is 13.2 Å². The molecule has 1 heterocycles. The number of nitriles is 1. The van der Waals surface area contributed by atoms with Crippen molar-refractivity contribution in [3.05, 3.63) is 44.6 Å². The number of nitrogens with one attached hydrogen (secondary N) is 1. The number of halogens is 1. The van der Waals surface area contributed by atoms with Crippen molar-refractivity contribution in [1.82, 2.24) is 0 Å². The van der Waals surface area contributed by atoms with E-state index in [2.05, 4.69) is 27.3 Å². The van der Waals surface area contributed by atoms with Crippen LogP contribution in [0, 0.1) is 18.3 Å². The molecule has 1 aromatic carbocycles. The summed E-state index contributed by atoms with van der Waals surface area (Å²) < 4.78 is 6.21. The van der Waals surface area contributed by atoms with Crippen molar-refractivity contribution in [3.63, 3.8) is 0 Å². The van der Waals surface area contributed by atoms with E-state index in [1.165, 1.54) is 4.88 Å². The highest BCUT2D eigenvalue weighted by atomic mass is 79.9. The molecule has 0 spiro atoms. The number of methoxy groups -OCH3 is 1. The second-order valence-electron chi connectivity index (χ2n) is 3.99. The van der Waals surface area contributed by atoms with Gasteiger partial charge in [-0.15, -0.1) is 11.3 Å². The molecule has 1 N–H and O–H groups in total. The first kappa shape index (κ1) is 13.9. The molecule has 19 heavy (non-hydrogen) atoms. The maximum Gasteiger partial charge on any atom is 0.149 e. The number of hydrogen-bond acceptors (Lipinski definition) is 4. The Morgan fingerprint density at radius 3 is 2.79 bits per heavy atom. The average molecular weight is 337 g/mol. The van der Waals surface area contributed by atoms with E-state index in [0.717, 1.165) is 20.8 Å². The highest BCUT2D eigenvalue weighted by molar-refractivity contribution is 9.10. The first-order chi connectivity index (χ1) is 9.13. The van der Waals surface area contributed by atoms with Crippen LogP contribution in [0.25, 0.3) is 0 Å². The van der Waals surface area contributed by atoms with Crippen LogP contribution in [0.3, 0.4) is 0 Å². The molecule has 0 aliphatic carbocycles. The van der Waals surface area contributed by atoms with Gasteiger partial charge >= 0.3 is 0 Å². The summed E-state index contributed by atoms with van der Waals surface area (Å²) in [6, 6.07) is 11.5. The molecule has 0 fully saturated rings. The van der Waals surface area contributed by atoms with Crippen molar-refractivity contribution in [3.8, 4) is 11.8 Å². The number of nitrogens with zero attached hydrogens (tertiary/aromatic N) is 1. The highest BCUT2D eigenvalue weighted by Crippen LogP contribution is 2.32. The van der Waals surface area contributed by atoms with Gasteiger partial charge < -0.3 is 10.1 Å². The van der Waals surface area contributed by atoms with Gasteiger partial charge in [0.15, 0.2) is 0 Å². The second-order valence-corrected chi connectivity index (χ2v) is 6.13. The summed E-state index contributed by atoms with van der Waals surface area (Å²) in [4.78, 5) is 2.16. The normalized spacial score (nSPS) is 11.7. The van der Waals surface area contributed by atoms with Crippen molar-refractivity contribution < 1.29 is 4.74 Å². The minimum Gasteiger partial charge on any atom is -0.497 e. The van der Waals surface area contributed by atoms with Crippen LogP contribution in [0.1, 0.15) is 15.8 Å². The third-order valence-electron chi connectivity index (χ3n) is 2.67. The molecule has 0 aliphatic heterocycles. The topological polar surface area (TPSA) is 45.0 Å². The Morgan fingerprint density at radius 2 is 2.21 bits per heavy atom. The molecule has 1 aromatic heterocycles. The third-order valence-corrected chi connectivity index (χ3v) is 4.87. The Kier molecular flexibility index (Phi) is 4.46. The quantitative estimate of drug-likeness (QED) is 0.893. The van der Waals surface area contributed by atoms with Crippen molar-refractivity contribution in [2.45, 2.75) is 13.0 Å². The lowest BCUT2D eigenvalue weighted by Crippen LogP contribution is -2.06. The number of rotatable bonds is 4. The zero-order valence-electron chi connectivity index (χ0n) is 10.6. The summed E-state index contributed by atoms with van der Waals surface area (Å²) in [5, 5.41) is 12.5. The van der Waals surface area contributed by atoms with E-state index in [1.54, 1.807) is 18.4 Å². The van der Waals surface area contributed by atoms with Gasteiger partial charge in [0.2, 0.25) is 0 Å². The molecule has 3 nitrogen and oxygen atoms in total. The van der Waals surface area contributed by atoms with Gasteiger partial charge in [-0.2, -0.15) is 5.26 Å². The third kappa shape index (κ3) is 3.28. The molecule has 0 saturated carbocycles. The van der Waals surface area contributed by atoms with Crippen LogP contribution in [0.4, 0.5) is 5.69 Å². The Labute approximate surface area is 125 Å². The maximum atomic E-state index is 9.32. The number of benzene rings is 1. The van der Waals surface area contributed by atoms with Crippen molar-refractivity contribution in [2.24, 2.45) is 0 Å². The minimum absolute atomic E-state index is 0.359. The molecular formula is C14H13BrN2OS. The number of aryl methyl sites for hydroxylation is 1. The fourth-order valence-electron chi connectivity index (χ4n) is 1.67. The molecule has 0 radical (unpaired) electrons. The SMILES string of the molecule is COc1cccc(NC(C#N)c2cc(Br)c(C)s2)c1. The molecule has 0 saturated heterocycles. The zero-order valence-corrected chi connectivity index (χ0v) is 13.0. The predicted octanol–water partition coefficient (Wildman–Crippen LogP) is 4.50. The lowest BCUT2D eigenvalue weighted by molar-refractivity contribution is 0.415. The van der Waals surface area contributed by atoms with Crippen LogP contribution in [0.15, 0.2) is 34.8 Å². The first-order valence-corrected chi connectivity index (χ1v) is 7.31. The zero-order chi connectivity index (χ0) is 13.8. The summed E-state index contributed by atoms with van der Waals surface area (Å²) in [6.45, 7) is 2.03. The van der Waals surface area contributed by atoms with Gasteiger partial charge in [-0.1, -0.05) is 6.07 Å². The number of thiophene rings is 1. The van der Waals surface area contributed by atoms with Crippen molar-refractivity contribution >= 4 is 33.0 Å². The van der Waals surface area contributed by atoms with Crippen LogP contribution in [0.2, 0.25) is 0 Å². The molecule has 0 aliphatic rings. The van der Waals surface area contributed by atoms with Crippen LogP contribution >= 0.6 is 27.3 Å². The smallest absolute Gasteiger partial charge is 0.149 e. The molecule has 2 aromatic rings. The lowest BCUT2D eigenvalue weighted by atomic mass is 10.2. The van der Waals surface area contributed by atoms with Crippen LogP contribution < -0.4 is 10.1 Å². The van der Waals surface area contributed by atoms with Crippen LogP contribution in [0.5, 0.6) is 5.75 Å². The Morgan fingerprint density at radius 1 is 1.42 bits per heavy atom. The van der Waals surface area contributed by atoms with Gasteiger partial charge in [-0.05, 0) is 41.1 Å². The number of anilines is 1. The first-order valence-electron chi connectivity index (χ1n) is 5.70. The van der Waals surface area contributed by atoms with Crippen molar-refractivity contribution in [2.75, 3.05) is 12.4 Å². The van der Waals surface area contributed by atoms with E-state index >= 15 is 0 Å². The molecule has 98 valence electrons. The Hall–Kier alpha value is -1.51. The van der Waals surface area contributed by atoms with E-state index < -0.39 is 0 Å². The summed E-state index contributed by atoms with van der Waals surface area (Å²) in [7, 11) is 1.63. The summed E-state index contributed by atoms with van der Waals surface area (Å²) in [5.74, 6) is 0.769. The lowest BCUT2D eigenvalue weighted by Gasteiger charge is -2.12. The van der Waals surface area contributed by atoms with Crippen LogP contribution in [-0.2, 0) is 0 Å². The van der Waals surface area contributed by atoms with Gasteiger partial charge in [-0.25, -0.2) is 0 Å². The molecule has 5 heteroatoms. The monoisotopic (exact) mass is 336 g/mol. The van der Waals surface area contributed by atoms with Gasteiger partial charge in [0.1, 0.15) is 11.8 Å². The Balaban J connectivity index is 2.21. The standard InChI is InChI=1S/C14H13BrN2OS/c1-9-12(15)7-14(19-9)13(8-16)17-10-4-3-5-11(6-10)18-2/h3-7,13,17H,1-2H3. The highest BCUT2D eigenvalue weighted by Gasteiger charge is 2.14. The van der Waals surface area contributed by atoms with E-state index in [1.807, 2.05) is 37.3 Å². The number of ether oxygens (including phenoxy) is 1. The van der Waals surface area contributed by atoms with Crippen molar-refractivity contribution in [1.29, 1.82) is 5.26 Å². The molecule has 2 rings (SSSR count). The molecule has 1 atom stereocenters. The minimum atomic E-state index is -0.359. The summed E-state index contributed by atoms with van der Waals surface area (Å²) >= 11 is 5.09. The van der Waals surface area contributed by atoms with Crippen LogP contribution in [-0.4, -0.2) is 7.11 Å². The second kappa shape index (κ2) is 6.09.